The predicted molar refractivity (Wildman–Crippen MR) is 83.3 cm³/mol. The van der Waals surface area contributed by atoms with Crippen LogP contribution in [0, 0.1) is 0 Å². The molecule has 104 valence electrons. The van der Waals surface area contributed by atoms with E-state index in [0.29, 0.717) is 9.88 Å². The van der Waals surface area contributed by atoms with Gasteiger partial charge in [0.1, 0.15) is 5.00 Å². The topological polar surface area (TPSA) is 66.4 Å². The zero-order valence-electron chi connectivity index (χ0n) is 10.2. The second-order valence-electron chi connectivity index (χ2n) is 4.42. The fourth-order valence-corrected chi connectivity index (χ4v) is 4.88. The second kappa shape index (κ2) is 5.31. The highest BCUT2D eigenvalue weighted by atomic mass is 79.9. The predicted octanol–water partition coefficient (Wildman–Crippen LogP) is 4.01. The Bertz CT molecular complexity index is 705. The highest BCUT2D eigenvalue weighted by molar-refractivity contribution is 9.11. The molecule has 3 rings (SSSR count). The van der Waals surface area contributed by atoms with E-state index in [4.69, 9.17) is 0 Å². The maximum Gasteiger partial charge on any atom is 0.339 e. The molecule has 2 aromatic rings. The lowest BCUT2D eigenvalue weighted by Gasteiger charge is -2.03. The van der Waals surface area contributed by atoms with Gasteiger partial charge in [-0.15, -0.1) is 22.7 Å². The van der Waals surface area contributed by atoms with Crippen LogP contribution in [-0.4, -0.2) is 17.0 Å². The summed E-state index contributed by atoms with van der Waals surface area (Å²) in [4.78, 5) is 25.2. The van der Waals surface area contributed by atoms with Crippen molar-refractivity contribution in [2.24, 2.45) is 0 Å². The van der Waals surface area contributed by atoms with Crippen LogP contribution in [0.2, 0.25) is 0 Å². The van der Waals surface area contributed by atoms with Crippen molar-refractivity contribution >= 4 is 55.5 Å². The summed E-state index contributed by atoms with van der Waals surface area (Å²) in [5.41, 5.74) is 1.16. The van der Waals surface area contributed by atoms with Gasteiger partial charge in [-0.3, -0.25) is 4.79 Å². The van der Waals surface area contributed by atoms with E-state index >= 15 is 0 Å². The number of aryl methyl sites for hydroxylation is 1. The zero-order chi connectivity index (χ0) is 14.3. The van der Waals surface area contributed by atoms with Crippen molar-refractivity contribution in [2.75, 3.05) is 5.32 Å². The van der Waals surface area contributed by atoms with E-state index in [9.17, 15) is 14.7 Å². The molecule has 1 aliphatic carbocycles. The number of carboxylic acid groups (broad SMARTS) is 1. The molecule has 0 bridgehead atoms. The van der Waals surface area contributed by atoms with Gasteiger partial charge in [-0.2, -0.15) is 0 Å². The SMILES string of the molecule is O=C(Nc1sc2c(c1C(=O)O)CCC2)c1ccc(Br)s1. The summed E-state index contributed by atoms with van der Waals surface area (Å²) in [6.07, 6.45) is 2.68. The average Bonchev–Trinajstić information content (AvgIpc) is 3.03. The Labute approximate surface area is 131 Å². The van der Waals surface area contributed by atoms with Crippen LogP contribution in [0.3, 0.4) is 0 Å². The maximum absolute atomic E-state index is 12.1. The van der Waals surface area contributed by atoms with Crippen molar-refractivity contribution in [1.29, 1.82) is 0 Å². The minimum atomic E-state index is -0.966. The summed E-state index contributed by atoms with van der Waals surface area (Å²) < 4.78 is 0.870. The number of hydrogen-bond donors (Lipinski definition) is 2. The van der Waals surface area contributed by atoms with Crippen LogP contribution in [0.4, 0.5) is 5.00 Å². The van der Waals surface area contributed by atoms with E-state index in [1.165, 1.54) is 22.7 Å². The Hall–Kier alpha value is -1.18. The summed E-state index contributed by atoms with van der Waals surface area (Å²) >= 11 is 6.02. The highest BCUT2D eigenvalue weighted by Gasteiger charge is 2.27. The molecule has 0 radical (unpaired) electrons. The number of nitrogens with one attached hydrogen (secondary N) is 1. The number of halogens is 1. The van der Waals surface area contributed by atoms with Gasteiger partial charge < -0.3 is 10.4 Å². The van der Waals surface area contributed by atoms with E-state index in [2.05, 4.69) is 21.2 Å². The number of anilines is 1. The van der Waals surface area contributed by atoms with Crippen molar-refractivity contribution in [3.63, 3.8) is 0 Å². The lowest BCUT2D eigenvalue weighted by Crippen LogP contribution is -2.12. The first-order valence-corrected chi connectivity index (χ1v) is 8.43. The standard InChI is InChI=1S/C13H10BrNO3S2/c14-9-5-4-8(19-9)11(16)15-12-10(13(17)18)6-2-1-3-7(6)20-12/h4-5H,1-3H2,(H,15,16)(H,17,18). The van der Waals surface area contributed by atoms with Crippen LogP contribution >= 0.6 is 38.6 Å². The number of aromatic carboxylic acids is 1. The Kier molecular flexibility index (Phi) is 3.66. The van der Waals surface area contributed by atoms with Gasteiger partial charge in [-0.05, 0) is 52.9 Å². The molecule has 2 N–H and O–H groups in total. The van der Waals surface area contributed by atoms with Crippen LogP contribution in [0.1, 0.15) is 36.9 Å². The minimum Gasteiger partial charge on any atom is -0.478 e. The number of carboxylic acids is 1. The summed E-state index contributed by atoms with van der Waals surface area (Å²) in [7, 11) is 0. The third-order valence-corrected chi connectivity index (χ3v) is 5.99. The number of carbonyl (C=O) groups excluding carboxylic acids is 1. The van der Waals surface area contributed by atoms with Crippen LogP contribution in [0.25, 0.3) is 0 Å². The molecule has 1 aliphatic rings. The van der Waals surface area contributed by atoms with Crippen LogP contribution < -0.4 is 5.32 Å². The van der Waals surface area contributed by atoms with Crippen molar-refractivity contribution in [1.82, 2.24) is 0 Å². The van der Waals surface area contributed by atoms with Crippen LogP contribution in [0.5, 0.6) is 0 Å². The lowest BCUT2D eigenvalue weighted by molar-refractivity contribution is 0.0697. The van der Waals surface area contributed by atoms with Gasteiger partial charge in [-0.25, -0.2) is 4.79 Å². The molecule has 2 heterocycles. The normalized spacial score (nSPS) is 13.2. The molecule has 0 aromatic carbocycles. The maximum atomic E-state index is 12.1. The molecule has 0 spiro atoms. The number of amides is 1. The summed E-state index contributed by atoms with van der Waals surface area (Å²) in [5.74, 6) is -1.23. The molecule has 0 atom stereocenters. The second-order valence-corrected chi connectivity index (χ2v) is 7.99. The molecule has 0 unspecified atom stereocenters. The number of thiophene rings is 2. The smallest absolute Gasteiger partial charge is 0.339 e. The van der Waals surface area contributed by atoms with E-state index in [1.807, 2.05) is 0 Å². The van der Waals surface area contributed by atoms with Crippen LogP contribution in [-0.2, 0) is 12.8 Å². The summed E-state index contributed by atoms with van der Waals surface area (Å²) in [6.45, 7) is 0. The quantitative estimate of drug-likeness (QED) is 0.856. The molecule has 0 fully saturated rings. The Morgan fingerprint density at radius 3 is 2.70 bits per heavy atom. The summed E-state index contributed by atoms with van der Waals surface area (Å²) in [5, 5.41) is 12.6. The molecule has 20 heavy (non-hydrogen) atoms. The summed E-state index contributed by atoms with van der Waals surface area (Å²) in [6, 6.07) is 3.51. The van der Waals surface area contributed by atoms with Crippen molar-refractivity contribution in [2.45, 2.75) is 19.3 Å². The first-order chi connectivity index (χ1) is 9.56. The molecule has 0 aliphatic heterocycles. The van der Waals surface area contributed by atoms with Gasteiger partial charge in [0.2, 0.25) is 0 Å². The van der Waals surface area contributed by atoms with Gasteiger partial charge in [0.05, 0.1) is 14.2 Å². The van der Waals surface area contributed by atoms with Gasteiger partial charge in [0.25, 0.3) is 5.91 Å². The minimum absolute atomic E-state index is 0.261. The van der Waals surface area contributed by atoms with Gasteiger partial charge >= 0.3 is 5.97 Å². The molecular formula is C13H10BrNO3S2. The van der Waals surface area contributed by atoms with E-state index in [1.54, 1.807) is 12.1 Å². The van der Waals surface area contributed by atoms with Crippen molar-refractivity contribution in [3.05, 3.63) is 36.8 Å². The molecular weight excluding hydrogens is 362 g/mol. The average molecular weight is 372 g/mol. The van der Waals surface area contributed by atoms with E-state index in [0.717, 1.165) is 33.5 Å². The van der Waals surface area contributed by atoms with Gasteiger partial charge in [0, 0.05) is 4.88 Å². The molecule has 0 saturated carbocycles. The van der Waals surface area contributed by atoms with E-state index in [-0.39, 0.29) is 11.5 Å². The number of hydrogen-bond acceptors (Lipinski definition) is 4. The number of carbonyl (C=O) groups is 2. The molecule has 1 amide bonds. The Balaban J connectivity index is 1.91. The van der Waals surface area contributed by atoms with Crippen LogP contribution in [0.15, 0.2) is 15.9 Å². The fourth-order valence-electron chi connectivity index (χ4n) is 2.32. The highest BCUT2D eigenvalue weighted by Crippen LogP contribution is 2.39. The monoisotopic (exact) mass is 371 g/mol. The largest absolute Gasteiger partial charge is 0.478 e. The van der Waals surface area contributed by atoms with E-state index < -0.39 is 5.97 Å². The first-order valence-electron chi connectivity index (χ1n) is 6.01. The van der Waals surface area contributed by atoms with Gasteiger partial charge in [0.15, 0.2) is 0 Å². The number of rotatable bonds is 3. The Morgan fingerprint density at radius 2 is 2.05 bits per heavy atom. The Morgan fingerprint density at radius 1 is 1.25 bits per heavy atom. The third-order valence-electron chi connectivity index (χ3n) is 3.16. The van der Waals surface area contributed by atoms with Crippen molar-refractivity contribution in [3.8, 4) is 0 Å². The van der Waals surface area contributed by atoms with Gasteiger partial charge in [-0.1, -0.05) is 0 Å². The molecule has 2 aromatic heterocycles. The molecule has 4 nitrogen and oxygen atoms in total. The first kappa shape index (κ1) is 13.8. The van der Waals surface area contributed by atoms with Crippen molar-refractivity contribution < 1.29 is 14.7 Å². The zero-order valence-corrected chi connectivity index (χ0v) is 13.5. The number of fused-ring (bicyclic) bond motifs is 1. The molecule has 0 saturated heterocycles. The fraction of sp³-hybridized carbons (Fsp3) is 0.231. The third kappa shape index (κ3) is 2.41. The lowest BCUT2D eigenvalue weighted by atomic mass is 10.1. The molecule has 7 heteroatoms.